The molecule has 0 aromatic heterocycles. The Hall–Kier alpha value is -8.17. The number of methoxy groups -OCH3 is 5. The van der Waals surface area contributed by atoms with Gasteiger partial charge in [-0.05, 0) is 165 Å². The van der Waals surface area contributed by atoms with E-state index in [1.54, 1.807) is 14.2 Å². The van der Waals surface area contributed by atoms with E-state index < -0.39 is 0 Å². The Kier molecular flexibility index (Phi) is 21.5. The Morgan fingerprint density at radius 3 is 0.969 bits per heavy atom. The molecule has 1 amide bonds. The van der Waals surface area contributed by atoms with E-state index in [2.05, 4.69) is 182 Å². The molecule has 0 saturated heterocycles. The van der Waals surface area contributed by atoms with Crippen molar-refractivity contribution in [2.75, 3.05) is 47.5 Å². The third kappa shape index (κ3) is 16.9. The van der Waals surface area contributed by atoms with Gasteiger partial charge in [-0.1, -0.05) is 220 Å². The van der Waals surface area contributed by atoms with Gasteiger partial charge in [-0.15, -0.1) is 0 Å². The zero-order valence-corrected chi connectivity index (χ0v) is 62.2. The predicted molar refractivity (Wildman–Crippen MR) is 399 cm³/mol. The summed E-state index contributed by atoms with van der Waals surface area (Å²) in [5, 5.41) is 3.42. The molecular weight excluding hydrogens is 1200 g/mol. The van der Waals surface area contributed by atoms with E-state index in [0.717, 1.165) is 120 Å². The second-order valence-corrected chi connectivity index (χ2v) is 32.6. The molecule has 97 heavy (non-hydrogen) atoms. The molecule has 10 rings (SSSR count). The van der Waals surface area contributed by atoms with Crippen molar-refractivity contribution in [1.82, 2.24) is 0 Å². The Balaban J connectivity index is 1.27. The molecular formula is C88H109NO8. The normalized spacial score (nSPS) is 14.2. The Labute approximate surface area is 581 Å². The molecule has 1 saturated carbocycles. The minimum Gasteiger partial charge on any atom is -0.496 e. The molecule has 1 fully saturated rings. The summed E-state index contributed by atoms with van der Waals surface area (Å²) in [5.74, 6) is 5.71. The minimum atomic E-state index is -0.251. The number of carbonyl (C=O) groups is 1. The first-order valence-corrected chi connectivity index (χ1v) is 35.2. The Bertz CT molecular complexity index is 3940. The summed E-state index contributed by atoms with van der Waals surface area (Å²) in [4.78, 5) is 15.0. The highest BCUT2D eigenvalue weighted by atomic mass is 16.5. The summed E-state index contributed by atoms with van der Waals surface area (Å²) in [7, 11) is 9.04. The number of carbonyl (C=O) groups excluding carboxylic acids is 1. The second kappa shape index (κ2) is 29.1. The molecule has 0 heterocycles. The third-order valence-electron chi connectivity index (χ3n) is 19.9. The number of amides is 1. The van der Waals surface area contributed by atoms with Gasteiger partial charge in [0.1, 0.15) is 46.9 Å². The summed E-state index contributed by atoms with van der Waals surface area (Å²) in [6.45, 7) is 35.3. The standard InChI is InChI=1S/C88H109NO8/c1-84(2,3)70-40-58-34-60-42-71(85(4,5)6)44-62(78(60)92-17)36-64-46-73(87(10,11)12)48-66(80(64)94-19)38-68-50-75(89-83(90)57-32-27-33-76(52-57)96-53-55-28-23-21-24-29-55)51-69(82(68)97-54-56-30-25-22-26-31-56)39-67-49-74(88(13,14)15)47-65(81(67)95-20)37-63-45-72(86(7,8)9)43-61(79(63)93-18)35-59(41-70)77(58)91-16/h21,23-24,27-29,32-33,40-52,56H,22,25-26,30-31,34-39,53-54H2,1-20H3,(H,89,90). The lowest BCUT2D eigenvalue weighted by atomic mass is 9.79. The molecule has 9 nitrogen and oxygen atoms in total. The molecule has 12 bridgehead atoms. The van der Waals surface area contributed by atoms with E-state index >= 15 is 4.79 Å². The first-order valence-electron chi connectivity index (χ1n) is 35.2. The summed E-state index contributed by atoms with van der Waals surface area (Å²) in [6, 6.07) is 45.3. The van der Waals surface area contributed by atoms with Gasteiger partial charge >= 0.3 is 0 Å². The molecule has 0 radical (unpaired) electrons. The van der Waals surface area contributed by atoms with E-state index in [0.29, 0.717) is 74.7 Å². The number of hydrogen-bond acceptors (Lipinski definition) is 8. The molecule has 8 aromatic rings. The number of fused-ring (bicyclic) bond motifs is 12. The molecule has 2 aliphatic carbocycles. The van der Waals surface area contributed by atoms with Crippen LogP contribution in [0.4, 0.5) is 5.69 Å². The van der Waals surface area contributed by atoms with Crippen LogP contribution >= 0.6 is 0 Å². The Morgan fingerprint density at radius 2 is 0.670 bits per heavy atom. The first-order chi connectivity index (χ1) is 45.8. The highest BCUT2D eigenvalue weighted by Crippen LogP contribution is 2.46. The summed E-state index contributed by atoms with van der Waals surface area (Å²) >= 11 is 0. The number of benzene rings is 8. The number of hydrogen-bond donors (Lipinski definition) is 1. The van der Waals surface area contributed by atoms with Crippen LogP contribution in [0.5, 0.6) is 40.2 Å². The van der Waals surface area contributed by atoms with E-state index in [-0.39, 0.29) is 33.0 Å². The molecule has 2 aliphatic rings. The van der Waals surface area contributed by atoms with Crippen molar-refractivity contribution >= 4 is 11.6 Å². The van der Waals surface area contributed by atoms with Gasteiger partial charge in [-0.2, -0.15) is 0 Å². The summed E-state index contributed by atoms with van der Waals surface area (Å²) < 4.78 is 47.5. The van der Waals surface area contributed by atoms with Gasteiger partial charge in [-0.3, -0.25) is 4.79 Å². The minimum absolute atomic E-state index is 0.189. The monoisotopic (exact) mass is 1310 g/mol. The lowest BCUT2D eigenvalue weighted by Crippen LogP contribution is -2.18. The van der Waals surface area contributed by atoms with Gasteiger partial charge in [0.2, 0.25) is 0 Å². The number of anilines is 1. The first kappa shape index (κ1) is 71.6. The van der Waals surface area contributed by atoms with Gasteiger partial charge in [0.15, 0.2) is 0 Å². The Morgan fingerprint density at radius 1 is 0.361 bits per heavy atom. The highest BCUT2D eigenvalue weighted by molar-refractivity contribution is 6.04. The molecule has 1 N–H and O–H groups in total. The lowest BCUT2D eigenvalue weighted by Gasteiger charge is -2.28. The smallest absolute Gasteiger partial charge is 0.255 e. The van der Waals surface area contributed by atoms with Crippen LogP contribution in [-0.2, 0) is 72.2 Å². The predicted octanol–water partition coefficient (Wildman–Crippen LogP) is 20.9. The fraction of sp³-hybridized carbons (Fsp3) is 0.443. The van der Waals surface area contributed by atoms with Crippen LogP contribution < -0.4 is 38.5 Å². The van der Waals surface area contributed by atoms with E-state index in [1.165, 1.54) is 47.1 Å². The maximum atomic E-state index is 15.0. The average molecular weight is 1310 g/mol. The lowest BCUT2D eigenvalue weighted by molar-refractivity contribution is 0.102. The average Bonchev–Trinajstić information content (AvgIpc) is 0.780. The van der Waals surface area contributed by atoms with Gasteiger partial charge in [0.25, 0.3) is 5.91 Å². The number of ether oxygens (including phenoxy) is 7. The van der Waals surface area contributed by atoms with Crippen molar-refractivity contribution < 1.29 is 38.0 Å². The van der Waals surface area contributed by atoms with Crippen molar-refractivity contribution in [2.45, 2.75) is 208 Å². The zero-order valence-electron chi connectivity index (χ0n) is 62.2. The molecule has 514 valence electrons. The molecule has 0 aliphatic heterocycles. The van der Waals surface area contributed by atoms with Crippen LogP contribution in [0.2, 0.25) is 0 Å². The molecule has 0 unspecified atom stereocenters. The van der Waals surface area contributed by atoms with Crippen LogP contribution in [0.15, 0.2) is 127 Å². The van der Waals surface area contributed by atoms with Crippen molar-refractivity contribution in [3.05, 3.63) is 233 Å². The molecule has 8 aromatic carbocycles. The van der Waals surface area contributed by atoms with Gasteiger partial charge in [-0.25, -0.2) is 0 Å². The topological polar surface area (TPSA) is 93.7 Å². The molecule has 9 heteroatoms. The second-order valence-electron chi connectivity index (χ2n) is 32.6. The molecule has 0 atom stereocenters. The van der Waals surface area contributed by atoms with Gasteiger partial charge in [0.05, 0.1) is 42.2 Å². The summed E-state index contributed by atoms with van der Waals surface area (Å²) in [5.41, 5.74) is 19.6. The van der Waals surface area contributed by atoms with Gasteiger partial charge < -0.3 is 38.5 Å². The fourth-order valence-electron chi connectivity index (χ4n) is 14.3. The maximum absolute atomic E-state index is 15.0. The van der Waals surface area contributed by atoms with Crippen molar-refractivity contribution in [1.29, 1.82) is 0 Å². The quantitative estimate of drug-likeness (QED) is 0.122. The zero-order chi connectivity index (χ0) is 69.9. The number of rotatable bonds is 13. The fourth-order valence-corrected chi connectivity index (χ4v) is 14.3. The SMILES string of the molecule is COc1c2cc(C(C)(C)C)cc1Cc1cc(C(C)(C)C)cc(c1OC)Cc1cc(C(C)(C)C)cc(c1OC)Cc1cc(NC(=O)c3cccc(OCc4ccccc4)c3)cc(c1OCC1CCCCC1)Cc1cc(C(C)(C)C)cc(c1OC)Cc1cc(C(C)(C)C)cc(c1OC)C2. The van der Waals surface area contributed by atoms with Crippen LogP contribution in [0.3, 0.4) is 0 Å². The maximum Gasteiger partial charge on any atom is 0.255 e. The van der Waals surface area contributed by atoms with E-state index in [1.807, 2.05) is 75.9 Å². The van der Waals surface area contributed by atoms with E-state index in [4.69, 9.17) is 33.2 Å². The van der Waals surface area contributed by atoms with Crippen LogP contribution in [0.1, 0.15) is 246 Å². The summed E-state index contributed by atoms with van der Waals surface area (Å²) in [6.07, 6.45) is 8.90. The largest absolute Gasteiger partial charge is 0.496 e. The van der Waals surface area contributed by atoms with E-state index in [9.17, 15) is 0 Å². The van der Waals surface area contributed by atoms with Crippen molar-refractivity contribution in [3.63, 3.8) is 0 Å². The van der Waals surface area contributed by atoms with Crippen molar-refractivity contribution in [2.24, 2.45) is 5.92 Å². The number of nitrogens with one attached hydrogen (secondary N) is 1. The third-order valence-corrected chi connectivity index (χ3v) is 19.9. The van der Waals surface area contributed by atoms with Crippen molar-refractivity contribution in [3.8, 4) is 40.2 Å². The van der Waals surface area contributed by atoms with Gasteiger partial charge in [0, 0.05) is 60.9 Å². The molecule has 0 spiro atoms. The van der Waals surface area contributed by atoms with Crippen LogP contribution in [0.25, 0.3) is 0 Å². The van der Waals surface area contributed by atoms with Crippen LogP contribution in [-0.4, -0.2) is 48.1 Å². The highest BCUT2D eigenvalue weighted by Gasteiger charge is 2.31. The van der Waals surface area contributed by atoms with Crippen LogP contribution in [0, 0.1) is 5.92 Å².